The summed E-state index contributed by atoms with van der Waals surface area (Å²) in [6.07, 6.45) is 1.68. The predicted octanol–water partition coefficient (Wildman–Crippen LogP) is 2.78. The van der Waals surface area contributed by atoms with E-state index in [1.165, 1.54) is 28.6 Å². The fourth-order valence-corrected chi connectivity index (χ4v) is 4.10. The van der Waals surface area contributed by atoms with E-state index in [2.05, 4.69) is 10.3 Å². The van der Waals surface area contributed by atoms with Gasteiger partial charge in [0.15, 0.2) is 0 Å². The standard InChI is InChI=1S/C19H25N3O3S/c1-5-22(6-2)26(24,25)16-12-10-15(11-13-16)18(23)21-19(3,4)17-9-7-8-14-20-17/h7-14H,5-6H2,1-4H3,(H,21,23). The fraction of sp³-hybridized carbons (Fsp3) is 0.368. The summed E-state index contributed by atoms with van der Waals surface area (Å²) >= 11 is 0. The molecule has 2 rings (SSSR count). The lowest BCUT2D eigenvalue weighted by Crippen LogP contribution is -2.41. The van der Waals surface area contributed by atoms with E-state index in [4.69, 9.17) is 0 Å². The number of carbonyl (C=O) groups excluding carboxylic acids is 1. The average molecular weight is 375 g/mol. The molecule has 0 atom stereocenters. The van der Waals surface area contributed by atoms with Gasteiger partial charge in [-0.15, -0.1) is 0 Å². The van der Waals surface area contributed by atoms with Crippen LogP contribution in [-0.2, 0) is 15.6 Å². The Kier molecular flexibility index (Phi) is 6.15. The van der Waals surface area contributed by atoms with Gasteiger partial charge < -0.3 is 5.32 Å². The van der Waals surface area contributed by atoms with Crippen molar-refractivity contribution in [3.63, 3.8) is 0 Å². The molecule has 1 amide bonds. The van der Waals surface area contributed by atoms with Gasteiger partial charge in [-0.2, -0.15) is 4.31 Å². The van der Waals surface area contributed by atoms with Crippen molar-refractivity contribution in [1.29, 1.82) is 0 Å². The van der Waals surface area contributed by atoms with E-state index in [9.17, 15) is 13.2 Å². The van der Waals surface area contributed by atoms with Crippen molar-refractivity contribution in [1.82, 2.24) is 14.6 Å². The highest BCUT2D eigenvalue weighted by molar-refractivity contribution is 7.89. The third-order valence-electron chi connectivity index (χ3n) is 4.19. The first-order valence-corrected chi connectivity index (χ1v) is 10.0. The van der Waals surface area contributed by atoms with Gasteiger partial charge in [0.05, 0.1) is 16.1 Å². The van der Waals surface area contributed by atoms with Crippen LogP contribution in [0.2, 0.25) is 0 Å². The largest absolute Gasteiger partial charge is 0.342 e. The third kappa shape index (κ3) is 4.28. The Labute approximate surface area is 155 Å². The summed E-state index contributed by atoms with van der Waals surface area (Å²) in [5, 5.41) is 2.93. The van der Waals surface area contributed by atoms with Crippen molar-refractivity contribution in [3.8, 4) is 0 Å². The second-order valence-corrected chi connectivity index (χ2v) is 8.35. The molecule has 0 unspecified atom stereocenters. The molecule has 7 heteroatoms. The molecule has 0 saturated carbocycles. The summed E-state index contributed by atoms with van der Waals surface area (Å²) in [6, 6.07) is 11.5. The van der Waals surface area contributed by atoms with Crippen molar-refractivity contribution in [2.24, 2.45) is 0 Å². The molecule has 1 heterocycles. The molecule has 1 aromatic carbocycles. The lowest BCUT2D eigenvalue weighted by Gasteiger charge is -2.25. The molecule has 0 bridgehead atoms. The Hall–Kier alpha value is -2.25. The number of aromatic nitrogens is 1. The minimum Gasteiger partial charge on any atom is -0.342 e. The molecule has 0 spiro atoms. The van der Waals surface area contributed by atoms with Crippen LogP contribution in [0.25, 0.3) is 0 Å². The maximum Gasteiger partial charge on any atom is 0.252 e. The summed E-state index contributed by atoms with van der Waals surface area (Å²) in [4.78, 5) is 17.0. The van der Waals surface area contributed by atoms with Gasteiger partial charge in [0.2, 0.25) is 10.0 Å². The lowest BCUT2D eigenvalue weighted by molar-refractivity contribution is 0.0910. The van der Waals surface area contributed by atoms with E-state index in [0.29, 0.717) is 18.7 Å². The number of carbonyl (C=O) groups is 1. The van der Waals surface area contributed by atoms with Gasteiger partial charge in [-0.3, -0.25) is 9.78 Å². The molecule has 0 fully saturated rings. The number of sulfonamides is 1. The molecule has 6 nitrogen and oxygen atoms in total. The maximum absolute atomic E-state index is 12.5. The van der Waals surface area contributed by atoms with Crippen LogP contribution in [-0.4, -0.2) is 36.7 Å². The van der Waals surface area contributed by atoms with Crippen molar-refractivity contribution in [2.45, 2.75) is 38.1 Å². The first-order valence-electron chi connectivity index (χ1n) is 8.56. The highest BCUT2D eigenvalue weighted by Crippen LogP contribution is 2.19. The van der Waals surface area contributed by atoms with Gasteiger partial charge in [0.1, 0.15) is 0 Å². The van der Waals surface area contributed by atoms with Gasteiger partial charge in [0.25, 0.3) is 5.91 Å². The summed E-state index contributed by atoms with van der Waals surface area (Å²) in [7, 11) is -3.53. The van der Waals surface area contributed by atoms with E-state index in [0.717, 1.165) is 5.69 Å². The molecular weight excluding hydrogens is 350 g/mol. The lowest BCUT2D eigenvalue weighted by atomic mass is 9.99. The number of pyridine rings is 1. The summed E-state index contributed by atoms with van der Waals surface area (Å²) in [6.45, 7) is 8.13. The molecule has 140 valence electrons. The quantitative estimate of drug-likeness (QED) is 0.807. The summed E-state index contributed by atoms with van der Waals surface area (Å²) in [5.74, 6) is -0.285. The van der Waals surface area contributed by atoms with Crippen LogP contribution in [0.4, 0.5) is 0 Å². The van der Waals surface area contributed by atoms with Crippen LogP contribution in [0, 0.1) is 0 Å². The minimum atomic E-state index is -3.53. The van der Waals surface area contributed by atoms with Gasteiger partial charge in [-0.1, -0.05) is 19.9 Å². The highest BCUT2D eigenvalue weighted by Gasteiger charge is 2.25. The molecule has 2 aromatic rings. The van der Waals surface area contributed by atoms with E-state index in [-0.39, 0.29) is 10.8 Å². The van der Waals surface area contributed by atoms with Crippen LogP contribution in [0.15, 0.2) is 53.6 Å². The molecule has 0 aliphatic carbocycles. The Morgan fingerprint density at radius 3 is 2.19 bits per heavy atom. The third-order valence-corrected chi connectivity index (χ3v) is 6.26. The first kappa shape index (κ1) is 20.1. The zero-order chi connectivity index (χ0) is 19.4. The molecule has 1 aromatic heterocycles. The van der Waals surface area contributed by atoms with Crippen molar-refractivity contribution in [3.05, 3.63) is 59.9 Å². The molecule has 0 radical (unpaired) electrons. The first-order chi connectivity index (χ1) is 12.2. The SMILES string of the molecule is CCN(CC)S(=O)(=O)c1ccc(C(=O)NC(C)(C)c2ccccn2)cc1. The molecule has 1 N–H and O–H groups in total. The number of benzene rings is 1. The Morgan fingerprint density at radius 2 is 1.69 bits per heavy atom. The Balaban J connectivity index is 2.19. The van der Waals surface area contributed by atoms with Crippen molar-refractivity contribution in [2.75, 3.05) is 13.1 Å². The average Bonchev–Trinajstić information content (AvgIpc) is 2.63. The highest BCUT2D eigenvalue weighted by atomic mass is 32.2. The summed E-state index contributed by atoms with van der Waals surface area (Å²) in [5.41, 5.74) is 0.492. The van der Waals surface area contributed by atoms with Crippen molar-refractivity contribution >= 4 is 15.9 Å². The van der Waals surface area contributed by atoms with Crippen LogP contribution in [0.5, 0.6) is 0 Å². The van der Waals surface area contributed by atoms with E-state index < -0.39 is 15.6 Å². The fourth-order valence-electron chi connectivity index (χ4n) is 2.64. The van der Waals surface area contributed by atoms with Crippen LogP contribution in [0.3, 0.4) is 0 Å². The summed E-state index contributed by atoms with van der Waals surface area (Å²) < 4.78 is 26.4. The Bertz CT molecular complexity index is 843. The number of nitrogens with one attached hydrogen (secondary N) is 1. The second-order valence-electron chi connectivity index (χ2n) is 6.41. The van der Waals surface area contributed by atoms with Crippen molar-refractivity contribution < 1.29 is 13.2 Å². The van der Waals surface area contributed by atoms with E-state index in [1.54, 1.807) is 20.0 Å². The zero-order valence-corrected chi connectivity index (χ0v) is 16.4. The molecule has 0 aliphatic rings. The number of hydrogen-bond donors (Lipinski definition) is 1. The molecule has 0 aliphatic heterocycles. The normalized spacial score (nSPS) is 12.2. The monoisotopic (exact) mass is 375 g/mol. The van der Waals surface area contributed by atoms with Gasteiger partial charge in [-0.05, 0) is 50.2 Å². The Morgan fingerprint density at radius 1 is 1.08 bits per heavy atom. The maximum atomic E-state index is 12.5. The van der Waals surface area contributed by atoms with Gasteiger partial charge in [0, 0.05) is 24.8 Å². The number of hydrogen-bond acceptors (Lipinski definition) is 4. The van der Waals surface area contributed by atoms with E-state index >= 15 is 0 Å². The molecular formula is C19H25N3O3S. The number of amides is 1. The van der Waals surface area contributed by atoms with Gasteiger partial charge >= 0.3 is 0 Å². The second kappa shape index (κ2) is 7.97. The molecule has 26 heavy (non-hydrogen) atoms. The number of rotatable bonds is 7. The van der Waals surface area contributed by atoms with Crippen LogP contribution in [0.1, 0.15) is 43.7 Å². The zero-order valence-electron chi connectivity index (χ0n) is 15.6. The minimum absolute atomic E-state index is 0.182. The topological polar surface area (TPSA) is 79.4 Å². The predicted molar refractivity (Wildman–Crippen MR) is 101 cm³/mol. The van der Waals surface area contributed by atoms with Crippen LogP contribution < -0.4 is 5.32 Å². The van der Waals surface area contributed by atoms with Gasteiger partial charge in [-0.25, -0.2) is 8.42 Å². The van der Waals surface area contributed by atoms with E-state index in [1.807, 2.05) is 32.0 Å². The smallest absolute Gasteiger partial charge is 0.252 e. The molecule has 0 saturated heterocycles. The van der Waals surface area contributed by atoms with Crippen LogP contribution >= 0.6 is 0 Å². The number of nitrogens with zero attached hydrogens (tertiary/aromatic N) is 2.